The van der Waals surface area contributed by atoms with E-state index in [0.717, 1.165) is 32.4 Å². The number of hydrogen-bond donors (Lipinski definition) is 2. The van der Waals surface area contributed by atoms with Gasteiger partial charge in [-0.3, -0.25) is 0 Å². The van der Waals surface area contributed by atoms with Crippen LogP contribution in [0.5, 0.6) is 0 Å². The normalized spacial score (nSPS) is 14.3. The Kier molecular flexibility index (Phi) is 7.45. The van der Waals surface area contributed by atoms with E-state index in [9.17, 15) is 0 Å². The molecule has 1 aromatic heterocycles. The van der Waals surface area contributed by atoms with E-state index in [-0.39, 0.29) is 6.10 Å². The van der Waals surface area contributed by atoms with Crippen molar-refractivity contribution in [2.24, 2.45) is 0 Å². The van der Waals surface area contributed by atoms with Crippen LogP contribution in [0.3, 0.4) is 0 Å². The van der Waals surface area contributed by atoms with Crippen molar-refractivity contribution in [3.05, 3.63) is 23.9 Å². The topological polar surface area (TPSA) is 60.2 Å². The van der Waals surface area contributed by atoms with Crippen LogP contribution in [0.2, 0.25) is 0 Å². The second-order valence-electron chi connectivity index (χ2n) is 4.76. The van der Waals surface area contributed by atoms with Crippen molar-refractivity contribution in [2.45, 2.75) is 52.2 Å². The Morgan fingerprint density at radius 3 is 2.74 bits per heavy atom. The lowest BCUT2D eigenvalue weighted by Gasteiger charge is -2.27. The predicted octanol–water partition coefficient (Wildman–Crippen LogP) is 2.39. The minimum Gasteiger partial charge on any atom is -0.384 e. The molecule has 1 heterocycles. The van der Waals surface area contributed by atoms with Gasteiger partial charge in [0.05, 0.1) is 6.10 Å². The molecule has 0 aliphatic carbocycles. The highest BCUT2D eigenvalue weighted by Gasteiger charge is 2.20. The average molecular weight is 265 g/mol. The number of nitrogen functional groups attached to an aromatic ring is 1. The number of ether oxygens (including phenoxy) is 1. The summed E-state index contributed by atoms with van der Waals surface area (Å²) in [6, 6.07) is 4.29. The van der Waals surface area contributed by atoms with E-state index in [1.165, 1.54) is 5.56 Å². The van der Waals surface area contributed by atoms with Gasteiger partial charge in [-0.15, -0.1) is 0 Å². The number of anilines is 1. The standard InChI is InChI=1S/C15H27N3O/c1-4-8-17-13(14(5-2)19-6-3)10-12-7-9-18-15(16)11-12/h7,9,11,13-14,17H,4-6,8,10H2,1-3H3,(H2,16,18). The third-order valence-electron chi connectivity index (χ3n) is 3.19. The van der Waals surface area contributed by atoms with Crippen molar-refractivity contribution >= 4 is 5.82 Å². The maximum Gasteiger partial charge on any atom is 0.123 e. The second-order valence-corrected chi connectivity index (χ2v) is 4.76. The molecular weight excluding hydrogens is 238 g/mol. The number of nitrogens with zero attached hydrogens (tertiary/aromatic N) is 1. The molecule has 0 saturated heterocycles. The van der Waals surface area contributed by atoms with Gasteiger partial charge >= 0.3 is 0 Å². The molecule has 0 aliphatic heterocycles. The van der Waals surface area contributed by atoms with Crippen LogP contribution in [0.15, 0.2) is 18.3 Å². The highest BCUT2D eigenvalue weighted by atomic mass is 16.5. The molecule has 2 unspecified atom stereocenters. The summed E-state index contributed by atoms with van der Waals surface area (Å²) in [5.74, 6) is 0.580. The monoisotopic (exact) mass is 265 g/mol. The van der Waals surface area contributed by atoms with Crippen molar-refractivity contribution < 1.29 is 4.74 Å². The molecule has 4 heteroatoms. The zero-order valence-electron chi connectivity index (χ0n) is 12.4. The van der Waals surface area contributed by atoms with E-state index >= 15 is 0 Å². The molecule has 0 aliphatic rings. The lowest BCUT2D eigenvalue weighted by Crippen LogP contribution is -2.43. The van der Waals surface area contributed by atoms with Gasteiger partial charge < -0.3 is 15.8 Å². The Morgan fingerprint density at radius 1 is 1.37 bits per heavy atom. The van der Waals surface area contributed by atoms with Crippen molar-refractivity contribution in [3.63, 3.8) is 0 Å². The number of rotatable bonds is 9. The fourth-order valence-corrected chi connectivity index (χ4v) is 2.27. The molecule has 0 spiro atoms. The maximum atomic E-state index is 5.84. The van der Waals surface area contributed by atoms with Gasteiger partial charge in [-0.05, 0) is 50.4 Å². The number of hydrogen-bond acceptors (Lipinski definition) is 4. The van der Waals surface area contributed by atoms with E-state index in [0.29, 0.717) is 11.9 Å². The molecule has 108 valence electrons. The highest BCUT2D eigenvalue weighted by molar-refractivity contribution is 5.32. The molecular formula is C15H27N3O. The largest absolute Gasteiger partial charge is 0.384 e. The first-order valence-corrected chi connectivity index (χ1v) is 7.26. The zero-order chi connectivity index (χ0) is 14.1. The lowest BCUT2D eigenvalue weighted by molar-refractivity contribution is 0.0319. The quantitative estimate of drug-likeness (QED) is 0.720. The van der Waals surface area contributed by atoms with Crippen LogP contribution in [-0.4, -0.2) is 30.3 Å². The molecule has 3 N–H and O–H groups in total. The molecule has 0 fully saturated rings. The first kappa shape index (κ1) is 15.9. The summed E-state index contributed by atoms with van der Waals surface area (Å²) in [5, 5.41) is 3.59. The zero-order valence-corrected chi connectivity index (χ0v) is 12.4. The Morgan fingerprint density at radius 2 is 2.16 bits per heavy atom. The molecule has 0 amide bonds. The highest BCUT2D eigenvalue weighted by Crippen LogP contribution is 2.13. The van der Waals surface area contributed by atoms with Gasteiger partial charge in [0.2, 0.25) is 0 Å². The molecule has 4 nitrogen and oxygen atoms in total. The molecule has 0 bridgehead atoms. The number of nitrogens with one attached hydrogen (secondary N) is 1. The molecule has 19 heavy (non-hydrogen) atoms. The van der Waals surface area contributed by atoms with Crippen molar-refractivity contribution in [1.82, 2.24) is 10.3 Å². The van der Waals surface area contributed by atoms with Gasteiger partial charge in [0.15, 0.2) is 0 Å². The molecule has 2 atom stereocenters. The smallest absolute Gasteiger partial charge is 0.123 e. The van der Waals surface area contributed by atoms with E-state index in [1.807, 2.05) is 19.1 Å². The summed E-state index contributed by atoms with van der Waals surface area (Å²) in [6.07, 6.45) is 5.06. The molecule has 0 saturated carbocycles. The van der Waals surface area contributed by atoms with Crippen molar-refractivity contribution in [1.29, 1.82) is 0 Å². The number of pyridine rings is 1. The van der Waals surface area contributed by atoms with E-state index in [2.05, 4.69) is 24.1 Å². The first-order valence-electron chi connectivity index (χ1n) is 7.26. The van der Waals surface area contributed by atoms with Crippen LogP contribution < -0.4 is 11.1 Å². The first-order chi connectivity index (χ1) is 9.21. The summed E-state index contributed by atoms with van der Waals surface area (Å²) < 4.78 is 5.84. The Hall–Kier alpha value is -1.13. The third-order valence-corrected chi connectivity index (χ3v) is 3.19. The van der Waals surface area contributed by atoms with E-state index in [4.69, 9.17) is 10.5 Å². The second kappa shape index (κ2) is 8.88. The average Bonchev–Trinajstić information content (AvgIpc) is 2.41. The van der Waals surface area contributed by atoms with Crippen LogP contribution in [-0.2, 0) is 11.2 Å². The summed E-state index contributed by atoms with van der Waals surface area (Å²) >= 11 is 0. The number of aromatic nitrogens is 1. The Balaban J connectivity index is 2.72. The minimum absolute atomic E-state index is 0.242. The fourth-order valence-electron chi connectivity index (χ4n) is 2.27. The molecule has 0 aromatic carbocycles. The van der Waals surface area contributed by atoms with Crippen LogP contribution in [0, 0.1) is 0 Å². The van der Waals surface area contributed by atoms with Gasteiger partial charge in [-0.1, -0.05) is 13.8 Å². The maximum absolute atomic E-state index is 5.84. The Labute approximate surface area is 116 Å². The Bertz CT molecular complexity index is 357. The lowest BCUT2D eigenvalue weighted by atomic mass is 10.00. The molecule has 1 rings (SSSR count). The molecule has 1 aromatic rings. The predicted molar refractivity (Wildman–Crippen MR) is 80.1 cm³/mol. The SMILES string of the molecule is CCCNC(Cc1ccnc(N)c1)C(CC)OCC. The van der Waals surface area contributed by atoms with Gasteiger partial charge in [0, 0.05) is 18.8 Å². The van der Waals surface area contributed by atoms with Crippen LogP contribution >= 0.6 is 0 Å². The van der Waals surface area contributed by atoms with Gasteiger partial charge in [0.1, 0.15) is 5.82 Å². The van der Waals surface area contributed by atoms with Gasteiger partial charge in [-0.25, -0.2) is 4.98 Å². The van der Waals surface area contributed by atoms with Crippen LogP contribution in [0.25, 0.3) is 0 Å². The van der Waals surface area contributed by atoms with E-state index < -0.39 is 0 Å². The molecule has 0 radical (unpaired) electrons. The summed E-state index contributed by atoms with van der Waals surface area (Å²) in [5.41, 5.74) is 6.95. The fraction of sp³-hybridized carbons (Fsp3) is 0.667. The number of nitrogens with two attached hydrogens (primary N) is 1. The van der Waals surface area contributed by atoms with Gasteiger partial charge in [-0.2, -0.15) is 0 Å². The summed E-state index contributed by atoms with van der Waals surface area (Å²) in [7, 11) is 0. The minimum atomic E-state index is 0.242. The van der Waals surface area contributed by atoms with Crippen molar-refractivity contribution in [2.75, 3.05) is 18.9 Å². The summed E-state index contributed by atoms with van der Waals surface area (Å²) in [6.45, 7) is 8.15. The van der Waals surface area contributed by atoms with E-state index in [1.54, 1.807) is 6.20 Å². The third kappa shape index (κ3) is 5.57. The van der Waals surface area contributed by atoms with Crippen LogP contribution in [0.1, 0.15) is 39.2 Å². The van der Waals surface area contributed by atoms with Crippen LogP contribution in [0.4, 0.5) is 5.82 Å². The summed E-state index contributed by atoms with van der Waals surface area (Å²) in [4.78, 5) is 4.04. The van der Waals surface area contributed by atoms with Crippen molar-refractivity contribution in [3.8, 4) is 0 Å². The van der Waals surface area contributed by atoms with Gasteiger partial charge in [0.25, 0.3) is 0 Å².